The fourth-order valence-electron chi connectivity index (χ4n) is 1.02. The van der Waals surface area contributed by atoms with Crippen molar-refractivity contribution < 1.29 is 30.7 Å². The number of benzene rings is 1. The Kier molecular flexibility index (Phi) is 3.24. The zero-order chi connectivity index (χ0) is 12.6. The van der Waals surface area contributed by atoms with E-state index >= 15 is 0 Å². The molecule has 0 aromatic heterocycles. The summed E-state index contributed by atoms with van der Waals surface area (Å²) in [5.41, 5.74) is 0. The first kappa shape index (κ1) is 12.9. The smallest absolute Gasteiger partial charge is 0.298 e. The molecule has 0 saturated heterocycles. The minimum atomic E-state index is -4.63. The standard InChI is InChI=1S/C7H8O7S2/c1-14-6-3-2-5(15(8,9)10)4-7(6)16(11,12)13/h2-4H,1H3,(H,8,9,10)(H,11,12,13). The third-order valence-corrected chi connectivity index (χ3v) is 3.44. The topological polar surface area (TPSA) is 118 Å². The lowest BCUT2D eigenvalue weighted by Gasteiger charge is -2.06. The minimum absolute atomic E-state index is 0.227. The molecule has 0 spiro atoms. The van der Waals surface area contributed by atoms with E-state index < -0.39 is 30.0 Å². The number of rotatable bonds is 3. The molecular weight excluding hydrogens is 260 g/mol. The summed E-state index contributed by atoms with van der Waals surface area (Å²) in [5.74, 6) is -0.227. The van der Waals surface area contributed by atoms with Crippen LogP contribution in [0.5, 0.6) is 5.75 Å². The van der Waals surface area contributed by atoms with Crippen LogP contribution in [0.1, 0.15) is 0 Å². The van der Waals surface area contributed by atoms with E-state index in [0.717, 1.165) is 19.2 Å². The van der Waals surface area contributed by atoms with Gasteiger partial charge in [-0.25, -0.2) is 0 Å². The highest BCUT2D eigenvalue weighted by Crippen LogP contribution is 2.26. The van der Waals surface area contributed by atoms with Gasteiger partial charge in [-0.05, 0) is 18.2 Å². The molecule has 0 aliphatic rings. The molecular formula is C7H8O7S2. The third-order valence-electron chi connectivity index (χ3n) is 1.71. The summed E-state index contributed by atoms with van der Waals surface area (Å²) in [5, 5.41) is 0. The Bertz CT molecular complexity index is 600. The van der Waals surface area contributed by atoms with E-state index in [1.807, 2.05) is 0 Å². The second kappa shape index (κ2) is 4.01. The number of hydrogen-bond donors (Lipinski definition) is 2. The molecule has 90 valence electrons. The van der Waals surface area contributed by atoms with Crippen molar-refractivity contribution in [1.29, 1.82) is 0 Å². The van der Waals surface area contributed by atoms with E-state index in [0.29, 0.717) is 6.07 Å². The molecule has 0 saturated carbocycles. The first-order chi connectivity index (χ1) is 7.16. The SMILES string of the molecule is COc1ccc(S(=O)(=O)O)cc1S(=O)(=O)O. The van der Waals surface area contributed by atoms with Crippen molar-refractivity contribution >= 4 is 20.2 Å². The molecule has 0 fully saturated rings. The molecule has 7 nitrogen and oxygen atoms in total. The van der Waals surface area contributed by atoms with Crippen molar-refractivity contribution in [2.75, 3.05) is 7.11 Å². The van der Waals surface area contributed by atoms with E-state index in [9.17, 15) is 16.8 Å². The van der Waals surface area contributed by atoms with Gasteiger partial charge in [-0.3, -0.25) is 9.11 Å². The van der Waals surface area contributed by atoms with Crippen molar-refractivity contribution in [2.45, 2.75) is 9.79 Å². The first-order valence-corrected chi connectivity index (χ1v) is 6.67. The number of methoxy groups -OCH3 is 1. The van der Waals surface area contributed by atoms with Crippen LogP contribution in [0.15, 0.2) is 28.0 Å². The molecule has 16 heavy (non-hydrogen) atoms. The number of ether oxygens (including phenoxy) is 1. The molecule has 0 bridgehead atoms. The molecule has 0 amide bonds. The third kappa shape index (κ3) is 2.70. The predicted molar refractivity (Wildman–Crippen MR) is 52.6 cm³/mol. The van der Waals surface area contributed by atoms with Crippen LogP contribution in [0.2, 0.25) is 0 Å². The molecule has 0 aliphatic carbocycles. The predicted octanol–water partition coefficient (Wildman–Crippen LogP) is 0.189. The molecule has 0 atom stereocenters. The van der Waals surface area contributed by atoms with Gasteiger partial charge in [0.25, 0.3) is 20.2 Å². The minimum Gasteiger partial charge on any atom is -0.495 e. The summed E-state index contributed by atoms with van der Waals surface area (Å²) in [6.45, 7) is 0. The highest BCUT2D eigenvalue weighted by Gasteiger charge is 2.20. The highest BCUT2D eigenvalue weighted by atomic mass is 32.2. The molecule has 0 aliphatic heterocycles. The Morgan fingerprint density at radius 1 is 1.06 bits per heavy atom. The van der Waals surface area contributed by atoms with E-state index in [1.54, 1.807) is 0 Å². The average molecular weight is 268 g/mol. The second-order valence-corrected chi connectivity index (χ2v) is 5.57. The van der Waals surface area contributed by atoms with Gasteiger partial charge in [0.2, 0.25) is 0 Å². The quantitative estimate of drug-likeness (QED) is 0.751. The molecule has 1 aromatic rings. The Hall–Kier alpha value is -1.16. The van der Waals surface area contributed by atoms with Crippen molar-refractivity contribution in [1.82, 2.24) is 0 Å². The molecule has 1 rings (SSSR count). The van der Waals surface area contributed by atoms with Crippen LogP contribution in [0.4, 0.5) is 0 Å². The second-order valence-electron chi connectivity index (χ2n) is 2.76. The zero-order valence-electron chi connectivity index (χ0n) is 7.98. The fraction of sp³-hybridized carbons (Fsp3) is 0.143. The maximum atomic E-state index is 10.9. The summed E-state index contributed by atoms with van der Waals surface area (Å²) in [4.78, 5) is -1.38. The Morgan fingerprint density at radius 2 is 1.62 bits per heavy atom. The zero-order valence-corrected chi connectivity index (χ0v) is 9.62. The Morgan fingerprint density at radius 3 is 2.00 bits per heavy atom. The van der Waals surface area contributed by atoms with Gasteiger partial charge in [-0.2, -0.15) is 16.8 Å². The average Bonchev–Trinajstić information content (AvgIpc) is 2.14. The van der Waals surface area contributed by atoms with Crippen molar-refractivity contribution in [3.8, 4) is 5.75 Å². The molecule has 0 unspecified atom stereocenters. The summed E-state index contributed by atoms with van der Waals surface area (Å²) in [6.07, 6.45) is 0. The largest absolute Gasteiger partial charge is 0.495 e. The van der Waals surface area contributed by atoms with Gasteiger partial charge in [0, 0.05) is 0 Å². The van der Waals surface area contributed by atoms with Crippen LogP contribution in [0.25, 0.3) is 0 Å². The van der Waals surface area contributed by atoms with Gasteiger partial charge in [0.05, 0.1) is 12.0 Å². The monoisotopic (exact) mass is 268 g/mol. The fourth-order valence-corrected chi connectivity index (χ4v) is 2.28. The summed E-state index contributed by atoms with van der Waals surface area (Å²) in [7, 11) is -8.02. The summed E-state index contributed by atoms with van der Waals surface area (Å²) >= 11 is 0. The molecule has 0 heterocycles. The van der Waals surface area contributed by atoms with E-state index in [4.69, 9.17) is 9.11 Å². The van der Waals surface area contributed by atoms with Crippen LogP contribution in [0.3, 0.4) is 0 Å². The maximum absolute atomic E-state index is 10.9. The van der Waals surface area contributed by atoms with Crippen LogP contribution >= 0.6 is 0 Å². The maximum Gasteiger partial charge on any atom is 0.298 e. The van der Waals surface area contributed by atoms with Gasteiger partial charge in [-0.15, -0.1) is 0 Å². The molecule has 2 N–H and O–H groups in total. The van der Waals surface area contributed by atoms with Crippen LogP contribution in [-0.2, 0) is 20.2 Å². The van der Waals surface area contributed by atoms with Gasteiger partial charge in [0.15, 0.2) is 0 Å². The lowest BCUT2D eigenvalue weighted by Crippen LogP contribution is -2.05. The van der Waals surface area contributed by atoms with E-state index in [2.05, 4.69) is 4.74 Å². The summed E-state index contributed by atoms with van der Waals surface area (Å²) in [6, 6.07) is 2.55. The molecule has 1 aromatic carbocycles. The highest BCUT2D eigenvalue weighted by molar-refractivity contribution is 7.86. The lowest BCUT2D eigenvalue weighted by molar-refractivity contribution is 0.396. The normalized spacial score (nSPS) is 12.4. The van der Waals surface area contributed by atoms with Crippen LogP contribution in [-0.4, -0.2) is 33.1 Å². The summed E-state index contributed by atoms with van der Waals surface area (Å²) < 4.78 is 65.4. The number of hydrogen-bond acceptors (Lipinski definition) is 5. The molecule has 0 radical (unpaired) electrons. The van der Waals surface area contributed by atoms with Crippen molar-refractivity contribution in [3.05, 3.63) is 18.2 Å². The van der Waals surface area contributed by atoms with Gasteiger partial charge in [-0.1, -0.05) is 0 Å². The van der Waals surface area contributed by atoms with E-state index in [1.165, 1.54) is 0 Å². The van der Waals surface area contributed by atoms with Gasteiger partial charge in [0.1, 0.15) is 10.6 Å². The van der Waals surface area contributed by atoms with Crippen molar-refractivity contribution in [2.24, 2.45) is 0 Å². The van der Waals surface area contributed by atoms with Gasteiger partial charge < -0.3 is 4.74 Å². The van der Waals surface area contributed by atoms with Crippen molar-refractivity contribution in [3.63, 3.8) is 0 Å². The van der Waals surface area contributed by atoms with E-state index in [-0.39, 0.29) is 5.75 Å². The Labute approximate surface area is 92.2 Å². The van der Waals surface area contributed by atoms with Gasteiger partial charge >= 0.3 is 0 Å². The van der Waals surface area contributed by atoms with Crippen LogP contribution < -0.4 is 4.74 Å². The lowest BCUT2D eigenvalue weighted by atomic mass is 10.3. The Balaban J connectivity index is 3.58. The molecule has 9 heteroatoms. The first-order valence-electron chi connectivity index (χ1n) is 3.79. The van der Waals surface area contributed by atoms with Crippen LogP contribution in [0, 0.1) is 0 Å².